The molecule has 1 amide bonds. The molecule has 120 valence electrons. The molecule has 1 aliphatic heterocycles. The SMILES string of the molecule is CC(Oc1ccc(Cl)cc1Br)C(=O)N1CCC(C(=O)O)CC1. The van der Waals surface area contributed by atoms with Gasteiger partial charge in [0.05, 0.1) is 10.4 Å². The minimum Gasteiger partial charge on any atom is -0.481 e. The molecule has 0 spiro atoms. The highest BCUT2D eigenvalue weighted by molar-refractivity contribution is 9.10. The van der Waals surface area contributed by atoms with Crippen LogP contribution < -0.4 is 4.74 Å². The number of rotatable bonds is 4. The molecule has 1 atom stereocenters. The number of carboxylic acid groups (broad SMARTS) is 1. The van der Waals surface area contributed by atoms with Gasteiger partial charge in [-0.2, -0.15) is 0 Å². The van der Waals surface area contributed by atoms with Crippen LogP contribution in [-0.4, -0.2) is 41.1 Å². The zero-order valence-electron chi connectivity index (χ0n) is 12.1. The molecule has 0 radical (unpaired) electrons. The van der Waals surface area contributed by atoms with Crippen molar-refractivity contribution in [1.82, 2.24) is 4.90 Å². The van der Waals surface area contributed by atoms with Gasteiger partial charge >= 0.3 is 5.97 Å². The van der Waals surface area contributed by atoms with Gasteiger partial charge in [-0.25, -0.2) is 0 Å². The summed E-state index contributed by atoms with van der Waals surface area (Å²) in [7, 11) is 0. The van der Waals surface area contributed by atoms with Crippen LogP contribution in [0.5, 0.6) is 5.75 Å². The van der Waals surface area contributed by atoms with Crippen LogP contribution in [0.4, 0.5) is 0 Å². The molecule has 1 saturated heterocycles. The van der Waals surface area contributed by atoms with E-state index in [0.717, 1.165) is 0 Å². The largest absolute Gasteiger partial charge is 0.481 e. The Bertz CT molecular complexity index is 573. The summed E-state index contributed by atoms with van der Waals surface area (Å²) < 4.78 is 6.36. The van der Waals surface area contributed by atoms with Crippen LogP contribution in [0.25, 0.3) is 0 Å². The Morgan fingerprint density at radius 3 is 2.59 bits per heavy atom. The number of halogens is 2. The number of piperidine rings is 1. The maximum atomic E-state index is 12.4. The molecule has 1 fully saturated rings. The van der Waals surface area contributed by atoms with Gasteiger partial charge in [-0.3, -0.25) is 9.59 Å². The van der Waals surface area contributed by atoms with Gasteiger partial charge in [0.15, 0.2) is 6.10 Å². The van der Waals surface area contributed by atoms with Gasteiger partial charge in [-0.05, 0) is 53.9 Å². The molecule has 22 heavy (non-hydrogen) atoms. The maximum Gasteiger partial charge on any atom is 0.306 e. The first-order valence-corrected chi connectivity index (χ1v) is 8.19. The normalized spacial score (nSPS) is 17.1. The van der Waals surface area contributed by atoms with Crippen molar-refractivity contribution in [1.29, 1.82) is 0 Å². The Balaban J connectivity index is 1.94. The highest BCUT2D eigenvalue weighted by Crippen LogP contribution is 2.29. The minimum atomic E-state index is -0.790. The number of hydrogen-bond acceptors (Lipinski definition) is 3. The van der Waals surface area contributed by atoms with Gasteiger partial charge in [0.1, 0.15) is 5.75 Å². The minimum absolute atomic E-state index is 0.134. The van der Waals surface area contributed by atoms with E-state index in [9.17, 15) is 9.59 Å². The number of carboxylic acids is 1. The van der Waals surface area contributed by atoms with Gasteiger partial charge in [-0.1, -0.05) is 11.6 Å². The molecule has 7 heteroatoms. The van der Waals surface area contributed by atoms with E-state index in [1.165, 1.54) is 0 Å². The Hall–Kier alpha value is -1.27. The molecule has 1 N–H and O–H groups in total. The summed E-state index contributed by atoms with van der Waals surface area (Å²) in [5.41, 5.74) is 0. The zero-order chi connectivity index (χ0) is 16.3. The first-order valence-electron chi connectivity index (χ1n) is 7.01. The van der Waals surface area contributed by atoms with E-state index < -0.39 is 12.1 Å². The van der Waals surface area contributed by atoms with Gasteiger partial charge in [0.25, 0.3) is 5.91 Å². The summed E-state index contributed by atoms with van der Waals surface area (Å²) in [4.78, 5) is 25.0. The fourth-order valence-electron chi connectivity index (χ4n) is 2.42. The highest BCUT2D eigenvalue weighted by Gasteiger charge is 2.30. The van der Waals surface area contributed by atoms with E-state index in [0.29, 0.717) is 41.2 Å². The molecule has 0 bridgehead atoms. The van der Waals surface area contributed by atoms with Gasteiger partial charge in [0.2, 0.25) is 0 Å². The lowest BCUT2D eigenvalue weighted by atomic mass is 9.97. The predicted octanol–water partition coefficient (Wildman–Crippen LogP) is 3.19. The number of hydrogen-bond donors (Lipinski definition) is 1. The Morgan fingerprint density at radius 2 is 2.05 bits per heavy atom. The van der Waals surface area contributed by atoms with Gasteiger partial charge in [0, 0.05) is 18.1 Å². The molecule has 1 heterocycles. The maximum absolute atomic E-state index is 12.4. The number of nitrogens with zero attached hydrogens (tertiary/aromatic N) is 1. The van der Waals surface area contributed by atoms with E-state index in [1.54, 1.807) is 30.0 Å². The highest BCUT2D eigenvalue weighted by atomic mass is 79.9. The van der Waals surface area contributed by atoms with E-state index in [2.05, 4.69) is 15.9 Å². The van der Waals surface area contributed by atoms with E-state index in [-0.39, 0.29) is 11.8 Å². The monoisotopic (exact) mass is 389 g/mol. The third-order valence-electron chi connectivity index (χ3n) is 3.70. The van der Waals surface area contributed by atoms with E-state index >= 15 is 0 Å². The Labute approximate surface area is 142 Å². The number of carbonyl (C=O) groups is 2. The van der Waals surface area contributed by atoms with Gasteiger partial charge < -0.3 is 14.7 Å². The van der Waals surface area contributed by atoms with Crippen molar-refractivity contribution in [3.63, 3.8) is 0 Å². The van der Waals surface area contributed by atoms with Crippen LogP contribution in [-0.2, 0) is 9.59 Å². The second-order valence-corrected chi connectivity index (χ2v) is 6.56. The third-order valence-corrected chi connectivity index (χ3v) is 4.56. The molecule has 0 aliphatic carbocycles. The summed E-state index contributed by atoms with van der Waals surface area (Å²) >= 11 is 9.21. The first kappa shape index (κ1) is 17.1. The average molecular weight is 391 g/mol. The number of aliphatic carboxylic acids is 1. The Morgan fingerprint density at radius 1 is 1.41 bits per heavy atom. The molecule has 1 aromatic carbocycles. The topological polar surface area (TPSA) is 66.8 Å². The fourth-order valence-corrected chi connectivity index (χ4v) is 3.19. The number of carbonyl (C=O) groups excluding carboxylic acids is 1. The van der Waals surface area contributed by atoms with Crippen molar-refractivity contribution in [3.8, 4) is 5.75 Å². The summed E-state index contributed by atoms with van der Waals surface area (Å²) in [6.45, 7) is 2.59. The van der Waals surface area contributed by atoms with Crippen LogP contribution >= 0.6 is 27.5 Å². The average Bonchev–Trinajstić information content (AvgIpc) is 2.49. The van der Waals surface area contributed by atoms with Crippen molar-refractivity contribution in [3.05, 3.63) is 27.7 Å². The summed E-state index contributed by atoms with van der Waals surface area (Å²) in [6.07, 6.45) is 0.329. The number of amides is 1. The van der Waals surface area contributed by atoms with Crippen LogP contribution in [0.1, 0.15) is 19.8 Å². The second kappa shape index (κ2) is 7.33. The van der Waals surface area contributed by atoms with Crippen LogP contribution in [0.2, 0.25) is 5.02 Å². The Kier molecular flexibility index (Phi) is 5.69. The summed E-state index contributed by atoms with van der Waals surface area (Å²) in [5.74, 6) is -0.733. The molecule has 1 aromatic rings. The van der Waals surface area contributed by atoms with Crippen LogP contribution in [0.15, 0.2) is 22.7 Å². The fraction of sp³-hybridized carbons (Fsp3) is 0.467. The van der Waals surface area contributed by atoms with Crippen molar-refractivity contribution in [2.24, 2.45) is 5.92 Å². The van der Waals surface area contributed by atoms with Crippen LogP contribution in [0, 0.1) is 5.92 Å². The molecule has 5 nitrogen and oxygen atoms in total. The summed E-state index contributed by atoms with van der Waals surface area (Å²) in [5, 5.41) is 9.55. The van der Waals surface area contributed by atoms with E-state index in [4.69, 9.17) is 21.4 Å². The van der Waals surface area contributed by atoms with Crippen molar-refractivity contribution >= 4 is 39.4 Å². The van der Waals surface area contributed by atoms with Crippen molar-refractivity contribution < 1.29 is 19.4 Å². The lowest BCUT2D eigenvalue weighted by molar-refractivity contribution is -0.147. The number of ether oxygens (including phenoxy) is 1. The van der Waals surface area contributed by atoms with Crippen molar-refractivity contribution in [2.75, 3.05) is 13.1 Å². The smallest absolute Gasteiger partial charge is 0.306 e. The molecular formula is C15H17BrClNO4. The van der Waals surface area contributed by atoms with E-state index in [1.807, 2.05) is 0 Å². The standard InChI is InChI=1S/C15H17BrClNO4/c1-9(22-13-3-2-11(17)8-12(13)16)14(19)18-6-4-10(5-7-18)15(20)21/h2-3,8-10H,4-7H2,1H3,(H,20,21). The van der Waals surface area contributed by atoms with Crippen molar-refractivity contribution in [2.45, 2.75) is 25.9 Å². The number of likely N-dealkylation sites (tertiary alicyclic amines) is 1. The lowest BCUT2D eigenvalue weighted by Gasteiger charge is -2.32. The lowest BCUT2D eigenvalue weighted by Crippen LogP contribution is -2.45. The molecule has 0 saturated carbocycles. The first-order chi connectivity index (χ1) is 10.4. The molecular weight excluding hydrogens is 374 g/mol. The summed E-state index contributed by atoms with van der Waals surface area (Å²) in [6, 6.07) is 5.09. The molecule has 1 unspecified atom stereocenters. The predicted molar refractivity (Wildman–Crippen MR) is 86.2 cm³/mol. The van der Waals surface area contributed by atoms with Crippen LogP contribution in [0.3, 0.4) is 0 Å². The molecule has 1 aliphatic rings. The quantitative estimate of drug-likeness (QED) is 0.857. The molecule has 0 aromatic heterocycles. The third kappa shape index (κ3) is 4.14. The van der Waals surface area contributed by atoms with Gasteiger partial charge in [-0.15, -0.1) is 0 Å². The second-order valence-electron chi connectivity index (χ2n) is 5.27. The molecule has 2 rings (SSSR count). The number of benzene rings is 1. The zero-order valence-corrected chi connectivity index (χ0v) is 14.4.